The Morgan fingerprint density at radius 1 is 1.42 bits per heavy atom. The largest absolute Gasteiger partial charge is 0.103 e. The van der Waals surface area contributed by atoms with Crippen LogP contribution in [0.5, 0.6) is 0 Å². The summed E-state index contributed by atoms with van der Waals surface area (Å²) in [6.07, 6.45) is 9.20. The molecular formula is C19H30. The van der Waals surface area contributed by atoms with Gasteiger partial charge in [0.05, 0.1) is 0 Å². The van der Waals surface area contributed by atoms with Gasteiger partial charge in [-0.25, -0.2) is 0 Å². The molecule has 0 saturated heterocycles. The van der Waals surface area contributed by atoms with E-state index in [2.05, 4.69) is 64.8 Å². The van der Waals surface area contributed by atoms with Crippen LogP contribution in [0.15, 0.2) is 35.8 Å². The third-order valence-electron chi connectivity index (χ3n) is 4.62. The molecule has 1 fully saturated rings. The Bertz CT molecular complexity index is 400. The first-order valence-electron chi connectivity index (χ1n) is 7.80. The first-order valence-corrected chi connectivity index (χ1v) is 7.80. The van der Waals surface area contributed by atoms with Gasteiger partial charge in [0.2, 0.25) is 0 Å². The predicted octanol–water partition coefficient (Wildman–Crippen LogP) is 5.92. The Balaban J connectivity index is 3.23. The molecule has 0 heteroatoms. The summed E-state index contributed by atoms with van der Waals surface area (Å²) >= 11 is 0. The minimum Gasteiger partial charge on any atom is -0.103 e. The molecule has 1 aliphatic rings. The Morgan fingerprint density at radius 2 is 2.11 bits per heavy atom. The van der Waals surface area contributed by atoms with Gasteiger partial charge in [-0.15, -0.1) is 6.58 Å². The molecule has 3 atom stereocenters. The van der Waals surface area contributed by atoms with Gasteiger partial charge in [-0.1, -0.05) is 52.2 Å². The molecule has 0 heterocycles. The van der Waals surface area contributed by atoms with Gasteiger partial charge in [-0.2, -0.15) is 0 Å². The van der Waals surface area contributed by atoms with E-state index in [9.17, 15) is 0 Å². The predicted molar refractivity (Wildman–Crippen MR) is 85.0 cm³/mol. The molecule has 0 aromatic heterocycles. The molecule has 106 valence electrons. The minimum absolute atomic E-state index is 0.285. The highest BCUT2D eigenvalue weighted by Crippen LogP contribution is 2.52. The molecule has 1 rings (SSSR count). The Labute approximate surface area is 120 Å². The quantitative estimate of drug-likeness (QED) is 0.424. The van der Waals surface area contributed by atoms with Gasteiger partial charge in [0.25, 0.3) is 0 Å². The molecule has 0 bridgehead atoms. The van der Waals surface area contributed by atoms with E-state index >= 15 is 0 Å². The van der Waals surface area contributed by atoms with Crippen LogP contribution in [0.3, 0.4) is 0 Å². The van der Waals surface area contributed by atoms with E-state index in [0.29, 0.717) is 11.8 Å². The summed E-state index contributed by atoms with van der Waals surface area (Å²) in [6.45, 7) is 15.3. The van der Waals surface area contributed by atoms with Gasteiger partial charge in [0.15, 0.2) is 0 Å². The first kappa shape index (κ1) is 16.1. The van der Waals surface area contributed by atoms with Gasteiger partial charge >= 0.3 is 0 Å². The maximum Gasteiger partial charge on any atom is 0.00566 e. The molecule has 0 spiro atoms. The fraction of sp³-hybridized carbons (Fsp3) is 0.684. The highest BCUT2D eigenvalue weighted by Gasteiger charge is 2.43. The summed E-state index contributed by atoms with van der Waals surface area (Å²) in [6, 6.07) is 0. The Kier molecular flexibility index (Phi) is 5.92. The molecule has 0 amide bonds. The van der Waals surface area contributed by atoms with Crippen LogP contribution in [0.25, 0.3) is 0 Å². The van der Waals surface area contributed by atoms with Crippen molar-refractivity contribution in [1.29, 1.82) is 0 Å². The van der Waals surface area contributed by atoms with E-state index in [-0.39, 0.29) is 5.41 Å². The van der Waals surface area contributed by atoms with E-state index < -0.39 is 0 Å². The van der Waals surface area contributed by atoms with Crippen LogP contribution in [0.4, 0.5) is 0 Å². The zero-order valence-electron chi connectivity index (χ0n) is 13.4. The Hall–Kier alpha value is -0.960. The maximum absolute atomic E-state index is 4.03. The second-order valence-corrected chi connectivity index (χ2v) is 6.54. The summed E-state index contributed by atoms with van der Waals surface area (Å²) in [5.41, 5.74) is 8.50. The molecule has 0 N–H and O–H groups in total. The number of rotatable bonds is 5. The van der Waals surface area contributed by atoms with Crippen LogP contribution < -0.4 is 0 Å². The van der Waals surface area contributed by atoms with Crippen LogP contribution in [-0.4, -0.2) is 0 Å². The zero-order chi connectivity index (χ0) is 14.5. The van der Waals surface area contributed by atoms with Crippen LogP contribution in [0.1, 0.15) is 60.3 Å². The van der Waals surface area contributed by atoms with Gasteiger partial charge in [-0.05, 0) is 55.1 Å². The third-order valence-corrected chi connectivity index (χ3v) is 4.62. The fourth-order valence-electron chi connectivity index (χ4n) is 3.38. The van der Waals surface area contributed by atoms with Crippen molar-refractivity contribution in [3.63, 3.8) is 0 Å². The normalized spacial score (nSPS) is 27.6. The number of hydrogen-bond donors (Lipinski definition) is 0. The van der Waals surface area contributed by atoms with Crippen molar-refractivity contribution < 1.29 is 0 Å². The van der Waals surface area contributed by atoms with Gasteiger partial charge in [-0.3, -0.25) is 0 Å². The molecule has 0 aromatic rings. The number of hydrogen-bond acceptors (Lipinski definition) is 0. The second kappa shape index (κ2) is 6.99. The average molecular weight is 258 g/mol. The van der Waals surface area contributed by atoms with Crippen molar-refractivity contribution in [2.75, 3.05) is 0 Å². The highest BCUT2D eigenvalue weighted by atomic mass is 14.5. The second-order valence-electron chi connectivity index (χ2n) is 6.54. The maximum atomic E-state index is 4.03. The van der Waals surface area contributed by atoms with Crippen molar-refractivity contribution in [2.45, 2.75) is 60.3 Å². The molecule has 0 radical (unpaired) electrons. The molecule has 1 aliphatic carbocycles. The fourth-order valence-corrected chi connectivity index (χ4v) is 3.38. The summed E-state index contributed by atoms with van der Waals surface area (Å²) in [5.74, 6) is 1.89. The van der Waals surface area contributed by atoms with Crippen molar-refractivity contribution >= 4 is 0 Å². The minimum atomic E-state index is 0.285. The molecule has 1 saturated carbocycles. The van der Waals surface area contributed by atoms with Crippen molar-refractivity contribution in [3.8, 4) is 0 Å². The number of allylic oxidation sites excluding steroid dienone is 3. The Morgan fingerprint density at radius 3 is 2.53 bits per heavy atom. The van der Waals surface area contributed by atoms with Gasteiger partial charge in [0, 0.05) is 5.41 Å². The topological polar surface area (TPSA) is 0 Å². The lowest BCUT2D eigenvalue weighted by Gasteiger charge is -2.35. The summed E-state index contributed by atoms with van der Waals surface area (Å²) in [4.78, 5) is 0. The third kappa shape index (κ3) is 3.75. The van der Waals surface area contributed by atoms with Gasteiger partial charge in [0.1, 0.15) is 0 Å². The van der Waals surface area contributed by atoms with Gasteiger partial charge < -0.3 is 0 Å². The van der Waals surface area contributed by atoms with Crippen LogP contribution in [-0.2, 0) is 0 Å². The van der Waals surface area contributed by atoms with E-state index in [0.717, 1.165) is 12.3 Å². The summed E-state index contributed by atoms with van der Waals surface area (Å²) in [7, 11) is 0. The van der Waals surface area contributed by atoms with Crippen molar-refractivity contribution in [1.82, 2.24) is 0 Å². The average Bonchev–Trinajstić information content (AvgIpc) is 2.76. The molecule has 0 nitrogen and oxygen atoms in total. The molecular weight excluding hydrogens is 228 g/mol. The smallest absolute Gasteiger partial charge is 0.00566 e. The monoisotopic (exact) mass is 258 g/mol. The molecule has 0 aliphatic heterocycles. The molecule has 2 unspecified atom stereocenters. The first-order chi connectivity index (χ1) is 8.96. The van der Waals surface area contributed by atoms with Crippen LogP contribution >= 0.6 is 0 Å². The molecule has 0 aromatic carbocycles. The summed E-state index contributed by atoms with van der Waals surface area (Å²) < 4.78 is 0. The highest BCUT2D eigenvalue weighted by molar-refractivity contribution is 5.20. The standard InChI is InChI=1S/C19H30/c1-7-17(6)19(13-12-16(5)14-19)18(8-2)11-9-10-15(3)4/h7,10,15-17H,1,8,12-14H2,2-6H3/t16?,17-,19?/m1/s1. The van der Waals surface area contributed by atoms with Crippen LogP contribution in [0, 0.1) is 23.2 Å². The van der Waals surface area contributed by atoms with E-state index in [1.54, 1.807) is 0 Å². The van der Waals surface area contributed by atoms with E-state index in [1.165, 1.54) is 24.8 Å². The summed E-state index contributed by atoms with van der Waals surface area (Å²) in [5, 5.41) is 0. The molecule has 19 heavy (non-hydrogen) atoms. The lowest BCUT2D eigenvalue weighted by molar-refractivity contribution is 0.265. The van der Waals surface area contributed by atoms with E-state index in [1.807, 2.05) is 0 Å². The van der Waals surface area contributed by atoms with Crippen molar-refractivity contribution in [3.05, 3.63) is 35.8 Å². The lowest BCUT2D eigenvalue weighted by Crippen LogP contribution is -2.27. The van der Waals surface area contributed by atoms with Crippen molar-refractivity contribution in [2.24, 2.45) is 23.2 Å². The SMILES string of the molecule is C=C[C@@H](C)C1(C(=C=C=CC(C)C)CC)CCC(C)C1. The van der Waals surface area contributed by atoms with E-state index in [4.69, 9.17) is 0 Å². The lowest BCUT2D eigenvalue weighted by atomic mass is 9.68. The zero-order valence-corrected chi connectivity index (χ0v) is 13.4. The van der Waals surface area contributed by atoms with Crippen LogP contribution in [0.2, 0.25) is 0 Å².